The van der Waals surface area contributed by atoms with Crippen molar-refractivity contribution in [1.82, 2.24) is 0 Å². The summed E-state index contributed by atoms with van der Waals surface area (Å²) < 4.78 is 0. The van der Waals surface area contributed by atoms with E-state index in [0.29, 0.717) is 22.2 Å². The van der Waals surface area contributed by atoms with Crippen molar-refractivity contribution in [3.05, 3.63) is 11.6 Å². The second-order valence-corrected chi connectivity index (χ2v) is 12.0. The molecule has 2 nitrogen and oxygen atoms in total. The van der Waals surface area contributed by atoms with E-state index in [0.717, 1.165) is 23.8 Å². The van der Waals surface area contributed by atoms with Crippen LogP contribution >= 0.6 is 0 Å². The second kappa shape index (κ2) is 6.33. The Morgan fingerprint density at radius 2 is 1.44 bits per heavy atom. The van der Waals surface area contributed by atoms with E-state index in [2.05, 4.69) is 40.7 Å². The zero-order chi connectivity index (χ0) is 19.7. The second-order valence-electron chi connectivity index (χ2n) is 12.0. The van der Waals surface area contributed by atoms with Crippen molar-refractivity contribution < 1.29 is 10.2 Å². The van der Waals surface area contributed by atoms with Gasteiger partial charge in [-0.05, 0) is 89.9 Å². The summed E-state index contributed by atoms with van der Waals surface area (Å²) in [5, 5.41) is 20.1. The number of hydrogen-bond acceptors (Lipinski definition) is 2. The predicted molar refractivity (Wildman–Crippen MR) is 111 cm³/mol. The van der Waals surface area contributed by atoms with Crippen LogP contribution in [0.3, 0.4) is 0 Å². The normalized spacial score (nSPS) is 51.6. The van der Waals surface area contributed by atoms with Gasteiger partial charge in [-0.1, -0.05) is 47.1 Å². The first-order valence-corrected chi connectivity index (χ1v) is 11.5. The van der Waals surface area contributed by atoms with Crippen LogP contribution < -0.4 is 0 Å². The Kier molecular flexibility index (Phi) is 4.68. The Hall–Kier alpha value is -0.340. The highest BCUT2D eigenvalue weighted by molar-refractivity contribution is 5.23. The van der Waals surface area contributed by atoms with Crippen LogP contribution in [0.25, 0.3) is 0 Å². The van der Waals surface area contributed by atoms with Gasteiger partial charge in [-0.25, -0.2) is 0 Å². The highest BCUT2D eigenvalue weighted by Crippen LogP contribution is 2.72. The Bertz CT molecular complexity index is 622. The molecule has 7 atom stereocenters. The average molecular weight is 375 g/mol. The lowest BCUT2D eigenvalue weighted by Crippen LogP contribution is -2.62. The molecule has 0 spiro atoms. The first-order valence-electron chi connectivity index (χ1n) is 11.5. The van der Waals surface area contributed by atoms with Crippen LogP contribution in [-0.2, 0) is 0 Å². The van der Waals surface area contributed by atoms with Crippen LogP contribution in [0, 0.1) is 45.3 Å². The number of allylic oxidation sites excluding steroid dienone is 1. The number of rotatable bonds is 2. The third-order valence-corrected chi connectivity index (χ3v) is 10.6. The van der Waals surface area contributed by atoms with Gasteiger partial charge in [0.25, 0.3) is 0 Å². The molecule has 0 unspecified atom stereocenters. The summed E-state index contributed by atoms with van der Waals surface area (Å²) >= 11 is 0. The van der Waals surface area contributed by atoms with Gasteiger partial charge >= 0.3 is 0 Å². The van der Waals surface area contributed by atoms with Crippen molar-refractivity contribution in [3.8, 4) is 0 Å². The van der Waals surface area contributed by atoms with E-state index in [1.54, 1.807) is 0 Å². The Labute approximate surface area is 166 Å². The van der Waals surface area contributed by atoms with Gasteiger partial charge in [-0.3, -0.25) is 0 Å². The zero-order valence-electron chi connectivity index (χ0n) is 18.4. The summed E-state index contributed by atoms with van der Waals surface area (Å²) in [5.74, 6) is 2.46. The van der Waals surface area contributed by atoms with E-state index >= 15 is 0 Å². The molecule has 27 heavy (non-hydrogen) atoms. The van der Waals surface area contributed by atoms with Gasteiger partial charge in [-0.2, -0.15) is 0 Å². The molecule has 0 bridgehead atoms. The highest BCUT2D eigenvalue weighted by atomic mass is 16.3. The zero-order valence-corrected chi connectivity index (χ0v) is 18.4. The molecule has 4 aliphatic rings. The molecule has 3 saturated carbocycles. The van der Waals surface area contributed by atoms with E-state index in [-0.39, 0.29) is 24.5 Å². The monoisotopic (exact) mass is 374 g/mol. The maximum Gasteiger partial charge on any atom is 0.0645 e. The first-order chi connectivity index (χ1) is 12.6. The largest absolute Gasteiger partial charge is 0.396 e. The molecule has 0 aromatic heterocycles. The van der Waals surface area contributed by atoms with Crippen LogP contribution in [0.1, 0.15) is 86.0 Å². The number of aliphatic hydroxyl groups is 2. The molecule has 0 heterocycles. The maximum atomic E-state index is 10.2. The molecule has 0 radical (unpaired) electrons. The first kappa shape index (κ1) is 20.0. The molecule has 4 aliphatic carbocycles. The van der Waals surface area contributed by atoms with Gasteiger partial charge in [-0.15, -0.1) is 0 Å². The fourth-order valence-electron chi connectivity index (χ4n) is 9.44. The molecule has 154 valence electrons. The molecular formula is C25H42O2. The van der Waals surface area contributed by atoms with E-state index in [1.165, 1.54) is 44.9 Å². The summed E-state index contributed by atoms with van der Waals surface area (Å²) in [6.07, 6.45) is 12.8. The van der Waals surface area contributed by atoms with Gasteiger partial charge in [0, 0.05) is 5.92 Å². The fraction of sp³-hybridized carbons (Fsp3) is 0.920. The third-order valence-electron chi connectivity index (χ3n) is 10.6. The minimum Gasteiger partial charge on any atom is -0.396 e. The van der Waals surface area contributed by atoms with Gasteiger partial charge in [0.2, 0.25) is 0 Å². The molecular weight excluding hydrogens is 332 g/mol. The molecule has 0 aromatic carbocycles. The van der Waals surface area contributed by atoms with E-state index < -0.39 is 0 Å². The Morgan fingerprint density at radius 1 is 0.815 bits per heavy atom. The summed E-state index contributed by atoms with van der Waals surface area (Å²) in [7, 11) is 0. The molecule has 3 fully saturated rings. The SMILES string of the molecule is CC1(C)CCC[C@@]2(C)[C@@H]3CC[C@]4(C)[C@H](CC=C(CO)[C@H]4CO)[C@@]3(C)CC[C@H]12. The van der Waals surface area contributed by atoms with Crippen molar-refractivity contribution in [2.24, 2.45) is 45.3 Å². The van der Waals surface area contributed by atoms with Crippen LogP contribution in [0.2, 0.25) is 0 Å². The smallest absolute Gasteiger partial charge is 0.0645 e. The third kappa shape index (κ3) is 2.58. The quantitative estimate of drug-likeness (QED) is 0.619. The van der Waals surface area contributed by atoms with Gasteiger partial charge in [0.05, 0.1) is 13.2 Å². The van der Waals surface area contributed by atoms with Crippen LogP contribution in [-0.4, -0.2) is 23.4 Å². The number of hydrogen-bond donors (Lipinski definition) is 2. The molecule has 0 aromatic rings. The lowest BCUT2D eigenvalue weighted by molar-refractivity contribution is -0.201. The molecule has 2 heteroatoms. The fourth-order valence-corrected chi connectivity index (χ4v) is 9.44. The lowest BCUT2D eigenvalue weighted by atomic mass is 9.35. The van der Waals surface area contributed by atoms with Crippen molar-refractivity contribution in [1.29, 1.82) is 0 Å². The Morgan fingerprint density at radius 3 is 2.11 bits per heavy atom. The van der Waals surface area contributed by atoms with E-state index in [9.17, 15) is 10.2 Å². The van der Waals surface area contributed by atoms with Crippen LogP contribution in [0.4, 0.5) is 0 Å². The molecule has 0 saturated heterocycles. The summed E-state index contributed by atoms with van der Waals surface area (Å²) in [5.41, 5.74) is 2.57. The predicted octanol–water partition coefficient (Wildman–Crippen LogP) is 5.58. The van der Waals surface area contributed by atoms with Crippen LogP contribution in [0.5, 0.6) is 0 Å². The standard InChI is InChI=1S/C25H42O2/c1-22(2)11-6-12-24(4)19(22)9-14-25(5)20-8-7-17(15-26)18(16-27)23(20,3)13-10-21(24)25/h7,18-21,26-27H,6,8-16H2,1-5H3/t18-,19-,20+,21+,23+,24-,25-/m1/s1. The van der Waals surface area contributed by atoms with Crippen LogP contribution in [0.15, 0.2) is 11.6 Å². The highest BCUT2D eigenvalue weighted by Gasteiger charge is 2.65. The summed E-state index contributed by atoms with van der Waals surface area (Å²) in [4.78, 5) is 0. The summed E-state index contributed by atoms with van der Waals surface area (Å²) in [6, 6.07) is 0. The Balaban J connectivity index is 1.74. The van der Waals surface area contributed by atoms with E-state index in [1.807, 2.05) is 0 Å². The molecule has 4 rings (SSSR count). The maximum absolute atomic E-state index is 10.2. The van der Waals surface area contributed by atoms with Crippen molar-refractivity contribution >= 4 is 0 Å². The van der Waals surface area contributed by atoms with E-state index in [4.69, 9.17) is 0 Å². The molecule has 0 aliphatic heterocycles. The lowest BCUT2D eigenvalue weighted by Gasteiger charge is -2.69. The van der Waals surface area contributed by atoms with Gasteiger partial charge in [0.15, 0.2) is 0 Å². The van der Waals surface area contributed by atoms with Crippen molar-refractivity contribution in [3.63, 3.8) is 0 Å². The minimum absolute atomic E-state index is 0.113. The molecule has 0 amide bonds. The van der Waals surface area contributed by atoms with Crippen molar-refractivity contribution in [2.45, 2.75) is 86.0 Å². The topological polar surface area (TPSA) is 40.5 Å². The minimum atomic E-state index is 0.113. The summed E-state index contributed by atoms with van der Waals surface area (Å²) in [6.45, 7) is 13.0. The number of aliphatic hydroxyl groups excluding tert-OH is 2. The molecule has 2 N–H and O–H groups in total. The van der Waals surface area contributed by atoms with Crippen molar-refractivity contribution in [2.75, 3.05) is 13.2 Å². The van der Waals surface area contributed by atoms with Gasteiger partial charge in [0.1, 0.15) is 0 Å². The average Bonchev–Trinajstić information content (AvgIpc) is 2.59. The van der Waals surface area contributed by atoms with Gasteiger partial charge < -0.3 is 10.2 Å². The number of fused-ring (bicyclic) bond motifs is 5.